The SMILES string of the molecule is CCOc1ccccc1C(=O)NCC(=O)N(C)CCOc1ccccc1C. The number of para-hydroxylation sites is 2. The van der Waals surface area contributed by atoms with Crippen molar-refractivity contribution < 1.29 is 19.1 Å². The van der Waals surface area contributed by atoms with Crippen molar-refractivity contribution in [1.29, 1.82) is 0 Å². The Labute approximate surface area is 160 Å². The molecule has 2 amide bonds. The summed E-state index contributed by atoms with van der Waals surface area (Å²) in [6, 6.07) is 14.7. The van der Waals surface area contributed by atoms with E-state index in [1.807, 2.05) is 38.1 Å². The Balaban J connectivity index is 1.79. The second kappa shape index (κ2) is 10.2. The Kier molecular flexibility index (Phi) is 7.67. The van der Waals surface area contributed by atoms with Crippen molar-refractivity contribution in [1.82, 2.24) is 10.2 Å². The number of rotatable bonds is 9. The lowest BCUT2D eigenvalue weighted by molar-refractivity contribution is -0.129. The molecule has 2 rings (SSSR count). The Morgan fingerprint density at radius 2 is 1.67 bits per heavy atom. The lowest BCUT2D eigenvalue weighted by atomic mass is 10.2. The topological polar surface area (TPSA) is 67.9 Å². The van der Waals surface area contributed by atoms with Crippen LogP contribution in [0.1, 0.15) is 22.8 Å². The molecule has 0 saturated carbocycles. The predicted octanol–water partition coefficient (Wildman–Crippen LogP) is 2.66. The molecule has 0 radical (unpaired) electrons. The van der Waals surface area contributed by atoms with Crippen molar-refractivity contribution in [2.75, 3.05) is 33.4 Å². The number of nitrogens with zero attached hydrogens (tertiary/aromatic N) is 1. The quantitative estimate of drug-likeness (QED) is 0.737. The van der Waals surface area contributed by atoms with E-state index in [0.717, 1.165) is 11.3 Å². The Morgan fingerprint density at radius 3 is 2.37 bits per heavy atom. The maximum Gasteiger partial charge on any atom is 0.255 e. The highest BCUT2D eigenvalue weighted by molar-refractivity contribution is 5.98. The van der Waals surface area contributed by atoms with Gasteiger partial charge in [-0.25, -0.2) is 0 Å². The van der Waals surface area contributed by atoms with Crippen LogP contribution in [0.5, 0.6) is 11.5 Å². The highest BCUT2D eigenvalue weighted by atomic mass is 16.5. The zero-order valence-corrected chi connectivity index (χ0v) is 16.0. The van der Waals surface area contributed by atoms with Crippen LogP contribution in [0.25, 0.3) is 0 Å². The number of amides is 2. The molecule has 0 unspecified atom stereocenters. The van der Waals surface area contributed by atoms with E-state index in [1.165, 1.54) is 4.90 Å². The second-order valence-electron chi connectivity index (χ2n) is 6.04. The highest BCUT2D eigenvalue weighted by Crippen LogP contribution is 2.17. The molecule has 2 aromatic rings. The molecule has 0 fully saturated rings. The number of benzene rings is 2. The molecular formula is C21H26N2O4. The van der Waals surface area contributed by atoms with Gasteiger partial charge in [-0.1, -0.05) is 30.3 Å². The summed E-state index contributed by atoms with van der Waals surface area (Å²) in [7, 11) is 1.68. The summed E-state index contributed by atoms with van der Waals surface area (Å²) in [6.07, 6.45) is 0. The molecule has 0 aliphatic heterocycles. The molecule has 6 nitrogen and oxygen atoms in total. The van der Waals surface area contributed by atoms with Gasteiger partial charge < -0.3 is 19.7 Å². The first-order chi connectivity index (χ1) is 13.0. The summed E-state index contributed by atoms with van der Waals surface area (Å²) in [5.41, 5.74) is 1.46. The van der Waals surface area contributed by atoms with Crippen LogP contribution >= 0.6 is 0 Å². The Bertz CT molecular complexity index is 776. The minimum Gasteiger partial charge on any atom is -0.493 e. The molecule has 0 bridgehead atoms. The van der Waals surface area contributed by atoms with Gasteiger partial charge in [0.05, 0.1) is 25.3 Å². The van der Waals surface area contributed by atoms with Gasteiger partial charge in [-0.05, 0) is 37.6 Å². The first kappa shape index (κ1) is 20.3. The summed E-state index contributed by atoms with van der Waals surface area (Å²) in [5, 5.41) is 2.64. The normalized spacial score (nSPS) is 10.2. The molecule has 0 spiro atoms. The molecule has 0 saturated heterocycles. The van der Waals surface area contributed by atoms with Crippen LogP contribution in [0, 0.1) is 6.92 Å². The molecule has 6 heteroatoms. The molecule has 27 heavy (non-hydrogen) atoms. The van der Waals surface area contributed by atoms with Crippen LogP contribution < -0.4 is 14.8 Å². The van der Waals surface area contributed by atoms with E-state index >= 15 is 0 Å². The van der Waals surface area contributed by atoms with Crippen LogP contribution in [-0.2, 0) is 4.79 Å². The maximum absolute atomic E-state index is 12.3. The number of nitrogens with one attached hydrogen (secondary N) is 1. The number of aryl methyl sites for hydroxylation is 1. The lowest BCUT2D eigenvalue weighted by Gasteiger charge is -2.18. The minimum absolute atomic E-state index is 0.0832. The van der Waals surface area contributed by atoms with E-state index in [9.17, 15) is 9.59 Å². The maximum atomic E-state index is 12.3. The average Bonchev–Trinajstić information content (AvgIpc) is 2.68. The number of ether oxygens (including phenoxy) is 2. The fraction of sp³-hybridized carbons (Fsp3) is 0.333. The first-order valence-corrected chi connectivity index (χ1v) is 8.95. The fourth-order valence-electron chi connectivity index (χ4n) is 2.46. The van der Waals surface area contributed by atoms with Crippen molar-refractivity contribution in [3.05, 3.63) is 59.7 Å². The lowest BCUT2D eigenvalue weighted by Crippen LogP contribution is -2.39. The zero-order valence-electron chi connectivity index (χ0n) is 16.0. The van der Waals surface area contributed by atoms with Crippen LogP contribution in [-0.4, -0.2) is 50.1 Å². The number of carbonyl (C=O) groups excluding carboxylic acids is 2. The van der Waals surface area contributed by atoms with Crippen LogP contribution in [0.15, 0.2) is 48.5 Å². The Morgan fingerprint density at radius 1 is 1.00 bits per heavy atom. The van der Waals surface area contributed by atoms with E-state index in [2.05, 4.69) is 5.32 Å². The van der Waals surface area contributed by atoms with Gasteiger partial charge in [-0.2, -0.15) is 0 Å². The van der Waals surface area contributed by atoms with E-state index in [1.54, 1.807) is 31.3 Å². The van der Waals surface area contributed by atoms with E-state index in [0.29, 0.717) is 31.1 Å². The van der Waals surface area contributed by atoms with Gasteiger partial charge in [0.2, 0.25) is 5.91 Å². The van der Waals surface area contributed by atoms with Gasteiger partial charge >= 0.3 is 0 Å². The van der Waals surface area contributed by atoms with E-state index in [4.69, 9.17) is 9.47 Å². The van der Waals surface area contributed by atoms with Crippen molar-refractivity contribution in [2.24, 2.45) is 0 Å². The summed E-state index contributed by atoms with van der Waals surface area (Å²) in [6.45, 7) is 5.02. The van der Waals surface area contributed by atoms with Crippen LogP contribution in [0.4, 0.5) is 0 Å². The number of likely N-dealkylation sites (N-methyl/N-ethyl adjacent to an activating group) is 1. The monoisotopic (exact) mass is 370 g/mol. The molecule has 2 aromatic carbocycles. The van der Waals surface area contributed by atoms with Crippen molar-refractivity contribution in [3.63, 3.8) is 0 Å². The predicted molar refractivity (Wildman–Crippen MR) is 104 cm³/mol. The molecule has 1 N–H and O–H groups in total. The number of hydrogen-bond donors (Lipinski definition) is 1. The molecule has 144 valence electrons. The third kappa shape index (κ3) is 6.02. The second-order valence-corrected chi connectivity index (χ2v) is 6.04. The van der Waals surface area contributed by atoms with Gasteiger partial charge in [0.15, 0.2) is 0 Å². The van der Waals surface area contributed by atoms with Crippen LogP contribution in [0.3, 0.4) is 0 Å². The molecule has 0 aromatic heterocycles. The number of carbonyl (C=O) groups is 2. The number of hydrogen-bond acceptors (Lipinski definition) is 4. The zero-order chi connectivity index (χ0) is 19.6. The summed E-state index contributed by atoms with van der Waals surface area (Å²) < 4.78 is 11.1. The molecule has 0 heterocycles. The molecule has 0 aliphatic carbocycles. The third-order valence-electron chi connectivity index (χ3n) is 4.04. The van der Waals surface area contributed by atoms with Crippen molar-refractivity contribution >= 4 is 11.8 Å². The van der Waals surface area contributed by atoms with Gasteiger partial charge in [0.25, 0.3) is 5.91 Å². The summed E-state index contributed by atoms with van der Waals surface area (Å²) in [5.74, 6) is 0.784. The minimum atomic E-state index is -0.336. The molecule has 0 atom stereocenters. The average molecular weight is 370 g/mol. The standard InChI is InChI=1S/C21H26N2O4/c1-4-26-19-12-8-6-10-17(19)21(25)22-15-20(24)23(3)13-14-27-18-11-7-5-9-16(18)2/h5-12H,4,13-15H2,1-3H3,(H,22,25). The van der Waals surface area contributed by atoms with Gasteiger partial charge in [0, 0.05) is 7.05 Å². The largest absolute Gasteiger partial charge is 0.493 e. The van der Waals surface area contributed by atoms with Gasteiger partial charge in [0.1, 0.15) is 18.1 Å². The van der Waals surface area contributed by atoms with Gasteiger partial charge in [-0.3, -0.25) is 9.59 Å². The van der Waals surface area contributed by atoms with Gasteiger partial charge in [-0.15, -0.1) is 0 Å². The van der Waals surface area contributed by atoms with Crippen molar-refractivity contribution in [2.45, 2.75) is 13.8 Å². The molecular weight excluding hydrogens is 344 g/mol. The smallest absolute Gasteiger partial charge is 0.255 e. The highest BCUT2D eigenvalue weighted by Gasteiger charge is 2.15. The third-order valence-corrected chi connectivity index (χ3v) is 4.04. The van der Waals surface area contributed by atoms with E-state index < -0.39 is 0 Å². The summed E-state index contributed by atoms with van der Waals surface area (Å²) >= 11 is 0. The van der Waals surface area contributed by atoms with Crippen molar-refractivity contribution in [3.8, 4) is 11.5 Å². The van der Waals surface area contributed by atoms with Crippen LogP contribution in [0.2, 0.25) is 0 Å². The molecule has 0 aliphatic rings. The van der Waals surface area contributed by atoms with E-state index in [-0.39, 0.29) is 18.4 Å². The summed E-state index contributed by atoms with van der Waals surface area (Å²) in [4.78, 5) is 26.1. The Hall–Kier alpha value is -3.02. The fourth-order valence-corrected chi connectivity index (χ4v) is 2.46. The first-order valence-electron chi connectivity index (χ1n) is 8.95.